The van der Waals surface area contributed by atoms with Crippen LogP contribution in [0.25, 0.3) is 0 Å². The second kappa shape index (κ2) is 8.71. The molecular weight excluding hydrogens is 381 g/mol. The molecule has 2 N–H and O–H groups in total. The van der Waals surface area contributed by atoms with Crippen LogP contribution in [-0.4, -0.2) is 23.2 Å². The first-order chi connectivity index (χ1) is 13.4. The van der Waals surface area contributed by atoms with Crippen molar-refractivity contribution >= 4 is 35.0 Å². The summed E-state index contributed by atoms with van der Waals surface area (Å²) in [5, 5.41) is 9.01. The van der Waals surface area contributed by atoms with Crippen molar-refractivity contribution in [2.45, 2.75) is 18.2 Å². The number of aryl methyl sites for hydroxylation is 1. The summed E-state index contributed by atoms with van der Waals surface area (Å²) in [6.45, 7) is 1.75. The first-order valence-electron chi connectivity index (χ1n) is 8.41. The standard InChI is InChI=1S/C20H18FN3O3S/c1-12-6-17(27-24-12)11-19(25)22-16-8-13(7-14(21)9-16)20(26)23-15-4-3-5-18(10-15)28-2/h3-10H,11H2,1-2H3,(H,22,25)(H,23,26). The van der Waals surface area contributed by atoms with Crippen LogP contribution in [0.3, 0.4) is 0 Å². The van der Waals surface area contributed by atoms with E-state index in [1.165, 1.54) is 6.07 Å². The number of halogens is 1. The van der Waals surface area contributed by atoms with Crippen LogP contribution in [0.5, 0.6) is 0 Å². The van der Waals surface area contributed by atoms with Crippen molar-refractivity contribution in [2.75, 3.05) is 16.9 Å². The zero-order valence-electron chi connectivity index (χ0n) is 15.3. The highest BCUT2D eigenvalue weighted by Gasteiger charge is 2.13. The SMILES string of the molecule is CSc1cccc(NC(=O)c2cc(F)cc(NC(=O)Cc3cc(C)no3)c2)c1. The average molecular weight is 399 g/mol. The molecule has 0 radical (unpaired) electrons. The van der Waals surface area contributed by atoms with E-state index in [9.17, 15) is 14.0 Å². The lowest BCUT2D eigenvalue weighted by Crippen LogP contribution is -2.16. The Kier molecular flexibility index (Phi) is 6.10. The monoisotopic (exact) mass is 399 g/mol. The van der Waals surface area contributed by atoms with Crippen LogP contribution in [0, 0.1) is 12.7 Å². The van der Waals surface area contributed by atoms with Crippen molar-refractivity contribution in [1.82, 2.24) is 5.16 Å². The van der Waals surface area contributed by atoms with Crippen molar-refractivity contribution in [3.05, 3.63) is 71.4 Å². The van der Waals surface area contributed by atoms with Gasteiger partial charge in [-0.05, 0) is 49.6 Å². The molecule has 0 aliphatic heterocycles. The van der Waals surface area contributed by atoms with Crippen molar-refractivity contribution in [3.63, 3.8) is 0 Å². The van der Waals surface area contributed by atoms with Gasteiger partial charge in [0.2, 0.25) is 5.91 Å². The smallest absolute Gasteiger partial charge is 0.255 e. The van der Waals surface area contributed by atoms with Crippen LogP contribution in [0.1, 0.15) is 21.8 Å². The van der Waals surface area contributed by atoms with Crippen molar-refractivity contribution in [1.29, 1.82) is 0 Å². The van der Waals surface area contributed by atoms with Gasteiger partial charge in [0, 0.05) is 27.9 Å². The molecule has 3 rings (SSSR count). The van der Waals surface area contributed by atoms with E-state index in [1.54, 1.807) is 30.8 Å². The topological polar surface area (TPSA) is 84.2 Å². The molecule has 3 aromatic rings. The third-order valence-corrected chi connectivity index (χ3v) is 4.51. The van der Waals surface area contributed by atoms with E-state index >= 15 is 0 Å². The number of amides is 2. The van der Waals surface area contributed by atoms with Gasteiger partial charge in [0.05, 0.1) is 12.1 Å². The van der Waals surface area contributed by atoms with Crippen LogP contribution in [-0.2, 0) is 11.2 Å². The molecule has 0 atom stereocenters. The third-order valence-electron chi connectivity index (χ3n) is 3.78. The number of hydrogen-bond acceptors (Lipinski definition) is 5. The molecule has 0 saturated heterocycles. The van der Waals surface area contributed by atoms with Crippen LogP contribution in [0.15, 0.2) is 57.9 Å². The van der Waals surface area contributed by atoms with E-state index < -0.39 is 17.6 Å². The number of thioether (sulfide) groups is 1. The highest BCUT2D eigenvalue weighted by molar-refractivity contribution is 7.98. The molecule has 8 heteroatoms. The Morgan fingerprint density at radius 2 is 1.93 bits per heavy atom. The Morgan fingerprint density at radius 3 is 2.64 bits per heavy atom. The predicted molar refractivity (Wildman–Crippen MR) is 106 cm³/mol. The lowest BCUT2D eigenvalue weighted by Gasteiger charge is -2.09. The first kappa shape index (κ1) is 19.6. The second-order valence-electron chi connectivity index (χ2n) is 6.07. The number of benzene rings is 2. The summed E-state index contributed by atoms with van der Waals surface area (Å²) < 4.78 is 19.0. The van der Waals surface area contributed by atoms with Gasteiger partial charge in [-0.1, -0.05) is 11.2 Å². The Hall–Kier alpha value is -3.13. The van der Waals surface area contributed by atoms with Gasteiger partial charge in [-0.2, -0.15) is 0 Å². The van der Waals surface area contributed by atoms with Gasteiger partial charge in [0.1, 0.15) is 11.6 Å². The summed E-state index contributed by atoms with van der Waals surface area (Å²) in [5.41, 5.74) is 1.55. The van der Waals surface area contributed by atoms with Gasteiger partial charge < -0.3 is 15.2 Å². The van der Waals surface area contributed by atoms with Gasteiger partial charge in [0.15, 0.2) is 0 Å². The number of hydrogen-bond donors (Lipinski definition) is 2. The molecule has 0 aliphatic rings. The molecule has 1 heterocycles. The van der Waals surface area contributed by atoms with Gasteiger partial charge in [-0.3, -0.25) is 9.59 Å². The van der Waals surface area contributed by atoms with E-state index in [0.717, 1.165) is 17.0 Å². The van der Waals surface area contributed by atoms with Gasteiger partial charge in [-0.25, -0.2) is 4.39 Å². The quantitative estimate of drug-likeness (QED) is 0.605. The number of nitrogens with zero attached hydrogens (tertiary/aromatic N) is 1. The molecule has 1 aromatic heterocycles. The zero-order valence-corrected chi connectivity index (χ0v) is 16.1. The number of nitrogens with one attached hydrogen (secondary N) is 2. The van der Waals surface area contributed by atoms with Crippen molar-refractivity contribution in [3.8, 4) is 0 Å². The summed E-state index contributed by atoms with van der Waals surface area (Å²) in [6.07, 6.45) is 1.89. The van der Waals surface area contributed by atoms with Crippen LogP contribution < -0.4 is 10.6 Å². The molecule has 0 unspecified atom stereocenters. The molecule has 0 bridgehead atoms. The Morgan fingerprint density at radius 1 is 1.11 bits per heavy atom. The van der Waals surface area contributed by atoms with Crippen LogP contribution >= 0.6 is 11.8 Å². The Balaban J connectivity index is 1.71. The second-order valence-corrected chi connectivity index (χ2v) is 6.95. The maximum atomic E-state index is 14.0. The number of rotatable bonds is 6. The molecular formula is C20H18FN3O3S. The summed E-state index contributed by atoms with van der Waals surface area (Å²) in [4.78, 5) is 25.6. The van der Waals surface area contributed by atoms with E-state index in [-0.39, 0.29) is 17.7 Å². The molecule has 0 spiro atoms. The molecule has 28 heavy (non-hydrogen) atoms. The summed E-state index contributed by atoms with van der Waals surface area (Å²) >= 11 is 1.55. The first-order valence-corrected chi connectivity index (χ1v) is 9.63. The van der Waals surface area contributed by atoms with Gasteiger partial charge in [-0.15, -0.1) is 11.8 Å². The minimum absolute atomic E-state index is 0.0413. The third kappa shape index (κ3) is 5.20. The van der Waals surface area contributed by atoms with Crippen LogP contribution in [0.4, 0.5) is 15.8 Å². The minimum Gasteiger partial charge on any atom is -0.361 e. The fourth-order valence-corrected chi connectivity index (χ4v) is 3.02. The number of carbonyl (C=O) groups excluding carboxylic acids is 2. The molecule has 0 aliphatic carbocycles. The number of carbonyl (C=O) groups is 2. The zero-order chi connectivity index (χ0) is 20.1. The maximum absolute atomic E-state index is 14.0. The fraction of sp³-hybridized carbons (Fsp3) is 0.150. The van der Waals surface area contributed by atoms with E-state index in [0.29, 0.717) is 17.1 Å². The normalized spacial score (nSPS) is 10.5. The Bertz CT molecular complexity index is 1020. The van der Waals surface area contributed by atoms with Gasteiger partial charge >= 0.3 is 0 Å². The lowest BCUT2D eigenvalue weighted by atomic mass is 10.1. The summed E-state index contributed by atoms with van der Waals surface area (Å²) in [5.74, 6) is -1.10. The molecule has 2 amide bonds. The maximum Gasteiger partial charge on any atom is 0.255 e. The average Bonchev–Trinajstić information content (AvgIpc) is 3.05. The molecule has 6 nitrogen and oxygen atoms in total. The molecule has 2 aromatic carbocycles. The van der Waals surface area contributed by atoms with E-state index in [2.05, 4.69) is 15.8 Å². The van der Waals surface area contributed by atoms with E-state index in [1.807, 2.05) is 24.5 Å². The summed E-state index contributed by atoms with van der Waals surface area (Å²) in [6, 6.07) is 12.6. The molecule has 0 fully saturated rings. The predicted octanol–water partition coefficient (Wildman–Crippen LogP) is 4.28. The lowest BCUT2D eigenvalue weighted by molar-refractivity contribution is -0.115. The highest BCUT2D eigenvalue weighted by Crippen LogP contribution is 2.21. The number of aromatic nitrogens is 1. The largest absolute Gasteiger partial charge is 0.361 e. The Labute approximate surface area is 165 Å². The number of anilines is 2. The molecule has 0 saturated carbocycles. The van der Waals surface area contributed by atoms with E-state index in [4.69, 9.17) is 4.52 Å². The van der Waals surface area contributed by atoms with Crippen LogP contribution in [0.2, 0.25) is 0 Å². The minimum atomic E-state index is -0.628. The molecule has 144 valence electrons. The fourth-order valence-electron chi connectivity index (χ4n) is 2.56. The summed E-state index contributed by atoms with van der Waals surface area (Å²) in [7, 11) is 0. The highest BCUT2D eigenvalue weighted by atomic mass is 32.2. The van der Waals surface area contributed by atoms with Crippen molar-refractivity contribution < 1.29 is 18.5 Å². The van der Waals surface area contributed by atoms with Gasteiger partial charge in [0.25, 0.3) is 5.91 Å². The van der Waals surface area contributed by atoms with Crippen molar-refractivity contribution in [2.24, 2.45) is 0 Å².